The van der Waals surface area contributed by atoms with E-state index in [4.69, 9.17) is 10.1 Å². The van der Waals surface area contributed by atoms with Gasteiger partial charge in [0.25, 0.3) is 5.78 Å². The van der Waals surface area contributed by atoms with Gasteiger partial charge in [-0.15, -0.1) is 35.4 Å². The summed E-state index contributed by atoms with van der Waals surface area (Å²) in [5, 5.41) is 9.97. The fourth-order valence-corrected chi connectivity index (χ4v) is 4.78. The van der Waals surface area contributed by atoms with Crippen LogP contribution in [0.4, 0.5) is 13.2 Å². The van der Waals surface area contributed by atoms with E-state index in [1.54, 1.807) is 0 Å². The summed E-state index contributed by atoms with van der Waals surface area (Å²) in [6, 6.07) is 31.4. The van der Waals surface area contributed by atoms with Gasteiger partial charge in [-0.2, -0.15) is 13.2 Å². The summed E-state index contributed by atoms with van der Waals surface area (Å²) in [7, 11) is 0. The van der Waals surface area contributed by atoms with Crippen LogP contribution in [0.1, 0.15) is 57.4 Å². The first-order valence-electron chi connectivity index (χ1n) is 13.6. The molecule has 0 atom stereocenters. The number of halogens is 3. The van der Waals surface area contributed by atoms with E-state index < -0.39 is 23.6 Å². The molecular weight excluding hydrogens is 704 g/mol. The minimum Gasteiger partial charge on any atom is -0.512 e. The first-order chi connectivity index (χ1) is 19.1. The van der Waals surface area contributed by atoms with Crippen LogP contribution in [0.15, 0.2) is 90.7 Å². The number of alkyl halides is 3. The summed E-state index contributed by atoms with van der Waals surface area (Å²) in [5.74, 6) is -2.31. The Morgan fingerprint density at radius 1 is 0.951 bits per heavy atom. The molecule has 3 aromatic carbocycles. The van der Waals surface area contributed by atoms with Crippen LogP contribution in [0.5, 0.6) is 0 Å². The average Bonchev–Trinajstić information content (AvgIpc) is 2.97. The zero-order valence-electron chi connectivity index (χ0n) is 23.0. The Hall–Kier alpha value is -3.28. The predicted molar refractivity (Wildman–Crippen MR) is 154 cm³/mol. The predicted octanol–water partition coefficient (Wildman–Crippen LogP) is 9.63. The number of fused-ring (bicyclic) bond motifs is 1. The number of hydrogen-bond acceptors (Lipinski definition) is 3. The molecule has 1 fully saturated rings. The van der Waals surface area contributed by atoms with Gasteiger partial charge >= 0.3 is 6.18 Å². The number of ketones is 1. The maximum Gasteiger partial charge on any atom is 0.454 e. The van der Waals surface area contributed by atoms with Crippen LogP contribution in [0.2, 0.25) is 0 Å². The fourth-order valence-electron chi connectivity index (χ4n) is 4.78. The van der Waals surface area contributed by atoms with Crippen LogP contribution in [-0.4, -0.2) is 22.1 Å². The largest absolute Gasteiger partial charge is 0.512 e. The summed E-state index contributed by atoms with van der Waals surface area (Å²) >= 11 is 0. The molecule has 0 bridgehead atoms. The fraction of sp³-hybridized carbons (Fsp3) is 0.294. The minimum atomic E-state index is -4.90. The van der Waals surface area contributed by atoms with E-state index in [2.05, 4.69) is 66.7 Å². The van der Waals surface area contributed by atoms with E-state index >= 15 is 0 Å². The summed E-state index contributed by atoms with van der Waals surface area (Å²) in [6.45, 7) is 2.96. The standard InChI is InChI=1S/C27H24N.C7H9F3O2.Ir/c1-2-7-20(8-3-1)21-13-15-22(16-14-21)24-10-6-11-25(19-24)27-18-17-23-9-4-5-12-26(23)28-27;1-4(2)5(11)3-6(12)7(8,9)10;/h4-6,9-10,12-20H,1-3,7-8H2;3-4,11H,1-2H3;/q-1;;/b;5-3-;. The van der Waals surface area contributed by atoms with Crippen molar-refractivity contribution in [2.75, 3.05) is 0 Å². The maximum atomic E-state index is 11.6. The number of carbonyl (C=O) groups is 1. The van der Waals surface area contributed by atoms with E-state index in [0.717, 1.165) is 22.7 Å². The van der Waals surface area contributed by atoms with Gasteiger partial charge in [-0.3, -0.25) is 9.78 Å². The topological polar surface area (TPSA) is 50.2 Å². The number of benzene rings is 3. The van der Waals surface area contributed by atoms with Crippen molar-refractivity contribution in [3.63, 3.8) is 0 Å². The Morgan fingerprint density at radius 3 is 2.29 bits per heavy atom. The number of carbonyl (C=O) groups excluding carboxylic acids is 1. The minimum absolute atomic E-state index is 0. The smallest absolute Gasteiger partial charge is 0.454 e. The number of aliphatic hydroxyl groups excluding tert-OH is 1. The van der Waals surface area contributed by atoms with Gasteiger partial charge in [0.2, 0.25) is 0 Å². The molecule has 1 heterocycles. The molecule has 1 N–H and O–H groups in total. The van der Waals surface area contributed by atoms with Crippen molar-refractivity contribution >= 4 is 16.7 Å². The first kappa shape index (κ1) is 32.2. The molecule has 0 spiro atoms. The zero-order chi connectivity index (χ0) is 28.7. The van der Waals surface area contributed by atoms with Crippen molar-refractivity contribution in [1.82, 2.24) is 4.98 Å². The van der Waals surface area contributed by atoms with Gasteiger partial charge in [0, 0.05) is 32.1 Å². The van der Waals surface area contributed by atoms with Crippen LogP contribution in [0, 0.1) is 12.0 Å². The molecule has 1 radical (unpaired) electrons. The number of rotatable bonds is 5. The first-order valence-corrected chi connectivity index (χ1v) is 13.6. The molecule has 0 saturated heterocycles. The van der Waals surface area contributed by atoms with Gasteiger partial charge in [-0.25, -0.2) is 0 Å². The summed E-state index contributed by atoms with van der Waals surface area (Å²) < 4.78 is 34.7. The van der Waals surface area contributed by atoms with Crippen LogP contribution in [0.3, 0.4) is 0 Å². The van der Waals surface area contributed by atoms with Gasteiger partial charge in [0.05, 0.1) is 11.3 Å². The molecule has 1 aliphatic carbocycles. The average molecular weight is 737 g/mol. The van der Waals surface area contributed by atoms with Crippen LogP contribution < -0.4 is 0 Å². The van der Waals surface area contributed by atoms with E-state index in [-0.39, 0.29) is 26.2 Å². The SMILES string of the molecule is CC(C)/C(O)=C/C(=O)C(F)(F)F.[Ir].[c-]1ccc(-c2ccc(C3CCCCC3)cc2)cc1-c1ccc2ccccc2n1. The summed E-state index contributed by atoms with van der Waals surface area (Å²) in [5.41, 5.74) is 7.02. The van der Waals surface area contributed by atoms with Crippen LogP contribution in [-0.2, 0) is 24.9 Å². The van der Waals surface area contributed by atoms with E-state index in [1.807, 2.05) is 18.2 Å². The van der Waals surface area contributed by atoms with Gasteiger partial charge in [-0.1, -0.05) is 87.7 Å². The molecule has 0 amide bonds. The second kappa shape index (κ2) is 14.6. The normalized spacial score (nSPS) is 14.2. The van der Waals surface area contributed by atoms with Crippen molar-refractivity contribution in [1.29, 1.82) is 0 Å². The summed E-state index contributed by atoms with van der Waals surface area (Å²) in [4.78, 5) is 15.0. The Bertz CT molecular complexity index is 1470. The number of para-hydroxylation sites is 1. The third-order valence-corrected chi connectivity index (χ3v) is 7.15. The zero-order valence-corrected chi connectivity index (χ0v) is 25.4. The van der Waals surface area contributed by atoms with Crippen molar-refractivity contribution in [3.05, 3.63) is 102 Å². The molecule has 7 heteroatoms. The van der Waals surface area contributed by atoms with Crippen molar-refractivity contribution in [2.24, 2.45) is 5.92 Å². The Balaban J connectivity index is 0.000000305. The number of nitrogens with zero attached hydrogens (tertiary/aromatic N) is 1. The number of pyridine rings is 1. The Morgan fingerprint density at radius 2 is 1.63 bits per heavy atom. The quantitative estimate of drug-likeness (QED) is 0.126. The number of aromatic nitrogens is 1. The molecule has 0 aliphatic heterocycles. The molecular formula is C34H33F3IrNO2-. The molecule has 1 aliphatic rings. The Labute approximate surface area is 252 Å². The van der Waals surface area contributed by atoms with Crippen molar-refractivity contribution in [3.8, 4) is 22.4 Å². The molecule has 5 rings (SSSR count). The van der Waals surface area contributed by atoms with Crippen molar-refractivity contribution in [2.45, 2.75) is 58.0 Å². The monoisotopic (exact) mass is 737 g/mol. The second-order valence-electron chi connectivity index (χ2n) is 10.4. The third kappa shape index (κ3) is 8.85. The second-order valence-corrected chi connectivity index (χ2v) is 10.4. The molecule has 1 aromatic heterocycles. The Kier molecular flexibility index (Phi) is 11.5. The molecule has 3 nitrogen and oxygen atoms in total. The van der Waals surface area contributed by atoms with Crippen LogP contribution in [0.25, 0.3) is 33.3 Å². The van der Waals surface area contributed by atoms with Gasteiger partial charge in [0.1, 0.15) is 0 Å². The summed E-state index contributed by atoms with van der Waals surface area (Å²) in [6.07, 6.45) is 2.15. The molecule has 1 saturated carbocycles. The number of allylic oxidation sites excluding steroid dienone is 2. The molecule has 41 heavy (non-hydrogen) atoms. The van der Waals surface area contributed by atoms with Gasteiger partial charge in [-0.05, 0) is 47.0 Å². The van der Waals surface area contributed by atoms with Gasteiger partial charge < -0.3 is 5.11 Å². The van der Waals surface area contributed by atoms with E-state index in [0.29, 0.717) is 0 Å². The number of hydrogen-bond donors (Lipinski definition) is 1. The third-order valence-electron chi connectivity index (χ3n) is 7.15. The van der Waals surface area contributed by atoms with Gasteiger partial charge in [0.15, 0.2) is 0 Å². The maximum absolute atomic E-state index is 11.6. The number of aliphatic hydroxyl groups is 1. The van der Waals surface area contributed by atoms with Crippen molar-refractivity contribution < 1.29 is 43.2 Å². The van der Waals surface area contributed by atoms with Crippen LogP contribution >= 0.6 is 0 Å². The van der Waals surface area contributed by atoms with E-state index in [1.165, 1.54) is 68.0 Å². The molecule has 0 unspecified atom stereocenters. The van der Waals surface area contributed by atoms with E-state index in [9.17, 15) is 18.0 Å². The molecule has 4 aromatic rings. The molecule has 217 valence electrons.